The number of amides is 1. The Kier molecular flexibility index (Phi) is 3.81. The van der Waals surface area contributed by atoms with E-state index >= 15 is 0 Å². The van der Waals surface area contributed by atoms with Crippen molar-refractivity contribution in [1.82, 2.24) is 9.62 Å². The molecule has 1 aromatic rings. The second kappa shape index (κ2) is 5.38. The number of aryl methyl sites for hydroxylation is 1. The predicted octanol–water partition coefficient (Wildman–Crippen LogP) is 1.52. The third kappa shape index (κ3) is 3.05. The summed E-state index contributed by atoms with van der Waals surface area (Å²) in [6.07, 6.45) is 6.36. The molecular weight excluding hydrogens is 304 g/mol. The summed E-state index contributed by atoms with van der Waals surface area (Å²) in [6.45, 7) is 3.30. The quantitative estimate of drug-likeness (QED) is 0.913. The normalized spacial score (nSPS) is 21.8. The highest BCUT2D eigenvalue weighted by molar-refractivity contribution is 7.88. The lowest BCUT2D eigenvalue weighted by atomic mass is 9.60. The highest BCUT2D eigenvalue weighted by Gasteiger charge is 2.47. The van der Waals surface area contributed by atoms with Crippen LogP contribution in [0.5, 0.6) is 0 Å². The zero-order valence-corrected chi connectivity index (χ0v) is 13.8. The van der Waals surface area contributed by atoms with Gasteiger partial charge in [0.05, 0.1) is 12.5 Å². The lowest BCUT2D eigenvalue weighted by Gasteiger charge is -2.52. The van der Waals surface area contributed by atoms with E-state index in [4.69, 9.17) is 4.42 Å². The molecule has 6 nitrogen and oxygen atoms in total. The Morgan fingerprint density at radius 3 is 2.50 bits per heavy atom. The van der Waals surface area contributed by atoms with E-state index in [1.807, 2.05) is 11.8 Å². The average Bonchev–Trinajstić information content (AvgIpc) is 2.81. The lowest BCUT2D eigenvalue weighted by Crippen LogP contribution is -2.55. The van der Waals surface area contributed by atoms with E-state index in [0.717, 1.165) is 31.2 Å². The maximum Gasteiger partial charge on any atom is 0.289 e. The topological polar surface area (TPSA) is 79.6 Å². The first-order chi connectivity index (χ1) is 10.3. The summed E-state index contributed by atoms with van der Waals surface area (Å²) in [6, 6.07) is 1.86. The van der Waals surface area contributed by atoms with Crippen LogP contribution in [0, 0.1) is 12.3 Å². The maximum atomic E-state index is 12.4. The van der Waals surface area contributed by atoms with Crippen LogP contribution in [-0.2, 0) is 10.0 Å². The molecule has 22 heavy (non-hydrogen) atoms. The summed E-state index contributed by atoms with van der Waals surface area (Å²) in [7, 11) is -3.13. The molecule has 1 spiro atoms. The Hall–Kier alpha value is -1.34. The van der Waals surface area contributed by atoms with Gasteiger partial charge in [0.25, 0.3) is 5.91 Å². The molecule has 122 valence electrons. The van der Waals surface area contributed by atoms with Crippen LogP contribution in [-0.4, -0.2) is 44.6 Å². The Bertz CT molecular complexity index is 663. The molecule has 0 bridgehead atoms. The van der Waals surface area contributed by atoms with Crippen molar-refractivity contribution in [3.8, 4) is 0 Å². The van der Waals surface area contributed by atoms with Gasteiger partial charge in [-0.2, -0.15) is 0 Å². The van der Waals surface area contributed by atoms with Crippen molar-refractivity contribution in [3.63, 3.8) is 0 Å². The zero-order valence-electron chi connectivity index (χ0n) is 13.0. The molecule has 0 aromatic carbocycles. The van der Waals surface area contributed by atoms with Gasteiger partial charge < -0.3 is 9.32 Å². The fraction of sp³-hybridized carbons (Fsp3) is 0.667. The van der Waals surface area contributed by atoms with Crippen LogP contribution < -0.4 is 4.72 Å². The van der Waals surface area contributed by atoms with Crippen LogP contribution in [0.25, 0.3) is 0 Å². The SMILES string of the molecule is Cc1ccoc1C(=O)N1CCC2(CC1)CC(NS(C)(=O)=O)C2. The van der Waals surface area contributed by atoms with Gasteiger partial charge in [-0.05, 0) is 44.1 Å². The molecule has 1 aliphatic heterocycles. The number of sulfonamides is 1. The van der Waals surface area contributed by atoms with E-state index < -0.39 is 10.0 Å². The van der Waals surface area contributed by atoms with E-state index in [1.165, 1.54) is 6.26 Å². The highest BCUT2D eigenvalue weighted by atomic mass is 32.2. The van der Waals surface area contributed by atoms with Crippen LogP contribution in [0.15, 0.2) is 16.7 Å². The molecule has 1 saturated heterocycles. The number of furan rings is 1. The van der Waals surface area contributed by atoms with Gasteiger partial charge in [0.1, 0.15) is 0 Å². The minimum atomic E-state index is -3.13. The number of carbonyl (C=O) groups excluding carboxylic acids is 1. The molecule has 1 saturated carbocycles. The van der Waals surface area contributed by atoms with Crippen molar-refractivity contribution in [3.05, 3.63) is 23.7 Å². The molecule has 2 fully saturated rings. The second-order valence-corrected chi connectivity index (χ2v) is 8.50. The summed E-state index contributed by atoms with van der Waals surface area (Å²) >= 11 is 0. The minimum absolute atomic E-state index is 0.0394. The molecule has 1 amide bonds. The average molecular weight is 326 g/mol. The number of hydrogen-bond donors (Lipinski definition) is 1. The summed E-state index contributed by atoms with van der Waals surface area (Å²) in [5, 5.41) is 0. The summed E-state index contributed by atoms with van der Waals surface area (Å²) in [5.74, 6) is 0.392. The van der Waals surface area contributed by atoms with Gasteiger partial charge in [-0.15, -0.1) is 0 Å². The molecule has 0 unspecified atom stereocenters. The first-order valence-corrected chi connectivity index (χ1v) is 9.48. The van der Waals surface area contributed by atoms with E-state index in [0.29, 0.717) is 18.8 Å². The van der Waals surface area contributed by atoms with Gasteiger partial charge in [-0.3, -0.25) is 4.79 Å². The van der Waals surface area contributed by atoms with Crippen LogP contribution in [0.3, 0.4) is 0 Å². The van der Waals surface area contributed by atoms with Crippen LogP contribution >= 0.6 is 0 Å². The monoisotopic (exact) mass is 326 g/mol. The molecule has 2 aliphatic rings. The summed E-state index contributed by atoms with van der Waals surface area (Å²) in [5.41, 5.74) is 1.07. The number of rotatable bonds is 3. The first kappa shape index (κ1) is 15.6. The molecule has 1 N–H and O–H groups in total. The Morgan fingerprint density at radius 2 is 2.00 bits per heavy atom. The molecule has 0 radical (unpaired) electrons. The van der Waals surface area contributed by atoms with E-state index in [9.17, 15) is 13.2 Å². The zero-order chi connectivity index (χ0) is 16.0. The molecule has 7 heteroatoms. The molecular formula is C15H22N2O4S. The summed E-state index contributed by atoms with van der Waals surface area (Å²) in [4.78, 5) is 14.2. The fourth-order valence-electron chi connectivity index (χ4n) is 3.70. The highest BCUT2D eigenvalue weighted by Crippen LogP contribution is 2.49. The van der Waals surface area contributed by atoms with Crippen molar-refractivity contribution >= 4 is 15.9 Å². The molecule has 0 atom stereocenters. The fourth-order valence-corrected chi connectivity index (χ4v) is 4.47. The number of nitrogens with one attached hydrogen (secondary N) is 1. The van der Waals surface area contributed by atoms with Crippen molar-refractivity contribution in [2.75, 3.05) is 19.3 Å². The van der Waals surface area contributed by atoms with Gasteiger partial charge in [-0.1, -0.05) is 0 Å². The second-order valence-electron chi connectivity index (χ2n) is 6.72. The molecule has 1 aromatic heterocycles. The van der Waals surface area contributed by atoms with Crippen LogP contribution in [0.2, 0.25) is 0 Å². The van der Waals surface area contributed by atoms with Crippen molar-refractivity contribution < 1.29 is 17.6 Å². The van der Waals surface area contributed by atoms with E-state index in [2.05, 4.69) is 4.72 Å². The molecule has 1 aliphatic carbocycles. The van der Waals surface area contributed by atoms with Crippen LogP contribution in [0.4, 0.5) is 0 Å². The lowest BCUT2D eigenvalue weighted by molar-refractivity contribution is 0.0125. The predicted molar refractivity (Wildman–Crippen MR) is 82.0 cm³/mol. The standard InChI is InChI=1S/C15H22N2O4S/c1-11-3-8-21-13(11)14(18)17-6-4-15(5-7-17)9-12(10-15)16-22(2,19)20/h3,8,12,16H,4-7,9-10H2,1-2H3. The number of hydrogen-bond acceptors (Lipinski definition) is 4. The van der Waals surface area contributed by atoms with Gasteiger partial charge in [0.2, 0.25) is 10.0 Å². The molecule has 2 heterocycles. The van der Waals surface area contributed by atoms with Gasteiger partial charge in [0.15, 0.2) is 5.76 Å². The van der Waals surface area contributed by atoms with Gasteiger partial charge in [0, 0.05) is 24.7 Å². The first-order valence-electron chi connectivity index (χ1n) is 7.59. The number of nitrogens with zero attached hydrogens (tertiary/aromatic N) is 1. The largest absolute Gasteiger partial charge is 0.459 e. The third-order valence-corrected chi connectivity index (χ3v) is 5.67. The number of likely N-dealkylation sites (tertiary alicyclic amines) is 1. The Labute approximate surface area is 130 Å². The van der Waals surface area contributed by atoms with Crippen molar-refractivity contribution in [1.29, 1.82) is 0 Å². The Balaban J connectivity index is 1.54. The van der Waals surface area contributed by atoms with Crippen molar-refractivity contribution in [2.45, 2.75) is 38.6 Å². The summed E-state index contributed by atoms with van der Waals surface area (Å²) < 4.78 is 30.4. The number of carbonyl (C=O) groups is 1. The van der Waals surface area contributed by atoms with Crippen LogP contribution in [0.1, 0.15) is 41.8 Å². The van der Waals surface area contributed by atoms with Gasteiger partial charge in [-0.25, -0.2) is 13.1 Å². The van der Waals surface area contributed by atoms with E-state index in [1.54, 1.807) is 12.3 Å². The van der Waals surface area contributed by atoms with Crippen molar-refractivity contribution in [2.24, 2.45) is 5.41 Å². The number of piperidine rings is 1. The Morgan fingerprint density at radius 1 is 1.36 bits per heavy atom. The minimum Gasteiger partial charge on any atom is -0.459 e. The molecule has 3 rings (SSSR count). The smallest absolute Gasteiger partial charge is 0.289 e. The van der Waals surface area contributed by atoms with Gasteiger partial charge >= 0.3 is 0 Å². The maximum absolute atomic E-state index is 12.4. The third-order valence-electron chi connectivity index (χ3n) is 4.91. The van der Waals surface area contributed by atoms with E-state index in [-0.39, 0.29) is 17.4 Å².